The van der Waals surface area contributed by atoms with E-state index in [0.717, 1.165) is 128 Å². The van der Waals surface area contributed by atoms with Crippen LogP contribution in [-0.2, 0) is 18.9 Å². The van der Waals surface area contributed by atoms with E-state index in [4.69, 9.17) is 18.9 Å². The minimum absolute atomic E-state index is 0.0149. The highest BCUT2D eigenvalue weighted by Gasteiger charge is 2.34. The second-order valence-electron chi connectivity index (χ2n) is 13.0. The van der Waals surface area contributed by atoms with E-state index in [1.54, 1.807) is 0 Å². The Kier molecular flexibility index (Phi) is 14.5. The monoisotopic (exact) mass is 622 g/mol. The molecule has 4 aliphatic rings. The topological polar surface area (TPSA) is 153 Å². The fourth-order valence-electron chi connectivity index (χ4n) is 6.83. The molecule has 44 heavy (non-hydrogen) atoms. The summed E-state index contributed by atoms with van der Waals surface area (Å²) >= 11 is 0. The van der Waals surface area contributed by atoms with Gasteiger partial charge in [-0.05, 0) is 51.4 Å². The Bertz CT molecular complexity index is 825. The Morgan fingerprint density at radius 1 is 0.409 bits per heavy atom. The van der Waals surface area contributed by atoms with Crippen molar-refractivity contribution in [3.8, 4) is 0 Å². The number of ether oxygens (including phenoxy) is 4. The van der Waals surface area contributed by atoms with Crippen LogP contribution in [0.3, 0.4) is 0 Å². The van der Waals surface area contributed by atoms with Gasteiger partial charge in [-0.3, -0.25) is 0 Å². The largest absolute Gasteiger partial charge is 0.445 e. The van der Waals surface area contributed by atoms with Crippen molar-refractivity contribution in [2.75, 3.05) is 13.2 Å². The molecule has 0 bridgehead atoms. The summed E-state index contributed by atoms with van der Waals surface area (Å²) in [5, 5.41) is 11.6. The zero-order chi connectivity index (χ0) is 31.0. The SMILES string of the molecule is O=C(NC1CCCCC1)OCC(OC(=O)NC1CCCCC1)C(COC(=O)NC1CCCCC1)OC(=O)NC1CCCCC1. The molecule has 4 aliphatic carbocycles. The fourth-order valence-corrected chi connectivity index (χ4v) is 6.83. The van der Waals surface area contributed by atoms with Gasteiger partial charge >= 0.3 is 24.4 Å². The second-order valence-corrected chi connectivity index (χ2v) is 13.0. The molecule has 0 aromatic rings. The molecule has 0 aliphatic heterocycles. The first-order chi connectivity index (χ1) is 21.4. The van der Waals surface area contributed by atoms with Gasteiger partial charge in [0.15, 0.2) is 12.2 Å². The number of hydrogen-bond acceptors (Lipinski definition) is 8. The van der Waals surface area contributed by atoms with Crippen LogP contribution in [-0.4, -0.2) is 74.0 Å². The minimum atomic E-state index is -1.20. The lowest BCUT2D eigenvalue weighted by Gasteiger charge is -2.30. The third-order valence-corrected chi connectivity index (χ3v) is 9.40. The first-order valence-electron chi connectivity index (χ1n) is 17.3. The number of rotatable bonds is 11. The van der Waals surface area contributed by atoms with Crippen LogP contribution in [0.15, 0.2) is 0 Å². The van der Waals surface area contributed by atoms with Gasteiger partial charge in [0.2, 0.25) is 0 Å². The second kappa shape index (κ2) is 18.8. The quantitative estimate of drug-likeness (QED) is 0.206. The standard InChI is InChI=1S/C32H54N4O8/c37-29(33-23-13-5-1-6-14-23)41-21-27(43-31(39)35-25-17-9-3-10-18-25)28(44-32(40)36-26-19-11-4-12-20-26)22-42-30(38)34-24-15-7-2-8-16-24/h23-28H,1-22H2,(H,33,37)(H,34,38)(H,35,39)(H,36,40). The molecule has 0 heterocycles. The van der Waals surface area contributed by atoms with Crippen molar-refractivity contribution >= 4 is 24.4 Å². The molecule has 0 saturated heterocycles. The Morgan fingerprint density at radius 2 is 0.659 bits per heavy atom. The number of nitrogens with one attached hydrogen (secondary N) is 4. The molecular weight excluding hydrogens is 568 g/mol. The van der Waals surface area contributed by atoms with Gasteiger partial charge in [0.25, 0.3) is 0 Å². The lowest BCUT2D eigenvalue weighted by atomic mass is 9.96. The van der Waals surface area contributed by atoms with Gasteiger partial charge in [0.05, 0.1) is 0 Å². The highest BCUT2D eigenvalue weighted by Crippen LogP contribution is 2.21. The predicted octanol–water partition coefficient (Wildman–Crippen LogP) is 5.96. The predicted molar refractivity (Wildman–Crippen MR) is 163 cm³/mol. The maximum absolute atomic E-state index is 13.0. The summed E-state index contributed by atoms with van der Waals surface area (Å²) in [6.45, 7) is -0.739. The van der Waals surface area contributed by atoms with Crippen LogP contribution in [0.1, 0.15) is 128 Å². The summed E-state index contributed by atoms with van der Waals surface area (Å²) in [4.78, 5) is 51.5. The van der Waals surface area contributed by atoms with E-state index in [0.29, 0.717) is 0 Å². The van der Waals surface area contributed by atoms with Gasteiger partial charge in [0.1, 0.15) is 13.2 Å². The van der Waals surface area contributed by atoms with Gasteiger partial charge in [-0.15, -0.1) is 0 Å². The Balaban J connectivity index is 1.41. The maximum Gasteiger partial charge on any atom is 0.407 e. The van der Waals surface area contributed by atoms with Gasteiger partial charge in [-0.25, -0.2) is 19.2 Å². The molecule has 0 aromatic carbocycles. The molecule has 4 N–H and O–H groups in total. The molecule has 4 fully saturated rings. The van der Waals surface area contributed by atoms with Crippen LogP contribution >= 0.6 is 0 Å². The molecule has 4 saturated carbocycles. The maximum atomic E-state index is 13.0. The highest BCUT2D eigenvalue weighted by atomic mass is 16.6. The first-order valence-corrected chi connectivity index (χ1v) is 17.3. The lowest BCUT2D eigenvalue weighted by molar-refractivity contribution is -0.0597. The van der Waals surface area contributed by atoms with Crippen molar-refractivity contribution in [3.05, 3.63) is 0 Å². The highest BCUT2D eigenvalue weighted by molar-refractivity contribution is 5.70. The van der Waals surface area contributed by atoms with Crippen molar-refractivity contribution in [3.63, 3.8) is 0 Å². The van der Waals surface area contributed by atoms with Crippen LogP contribution in [0.25, 0.3) is 0 Å². The first kappa shape index (κ1) is 34.0. The van der Waals surface area contributed by atoms with Crippen LogP contribution in [0.4, 0.5) is 19.2 Å². The van der Waals surface area contributed by atoms with Gasteiger partial charge in [0, 0.05) is 24.2 Å². The molecule has 0 aromatic heterocycles. The van der Waals surface area contributed by atoms with E-state index in [-0.39, 0.29) is 37.4 Å². The smallest absolute Gasteiger partial charge is 0.407 e. The zero-order valence-electron chi connectivity index (χ0n) is 26.3. The third-order valence-electron chi connectivity index (χ3n) is 9.40. The van der Waals surface area contributed by atoms with Gasteiger partial charge in [-0.1, -0.05) is 77.0 Å². The summed E-state index contributed by atoms with van der Waals surface area (Å²) in [6, 6.07) is 0.0357. The van der Waals surface area contributed by atoms with Crippen LogP contribution < -0.4 is 21.3 Å². The molecule has 2 atom stereocenters. The molecule has 2 unspecified atom stereocenters. The Labute approximate surface area is 261 Å². The molecule has 4 rings (SSSR count). The molecule has 250 valence electrons. The normalized spacial score (nSPS) is 22.1. The molecule has 0 spiro atoms. The molecule has 0 radical (unpaired) electrons. The van der Waals surface area contributed by atoms with Crippen LogP contribution in [0.2, 0.25) is 0 Å². The summed E-state index contributed by atoms with van der Waals surface area (Å²) in [5.41, 5.74) is 0. The molecule has 4 amide bonds. The lowest BCUT2D eigenvalue weighted by Crippen LogP contribution is -2.49. The number of hydrogen-bond donors (Lipinski definition) is 4. The molecular formula is C32H54N4O8. The van der Waals surface area contributed by atoms with Gasteiger partial charge < -0.3 is 40.2 Å². The van der Waals surface area contributed by atoms with Crippen LogP contribution in [0, 0.1) is 0 Å². The average molecular weight is 623 g/mol. The number of alkyl carbamates (subject to hydrolysis) is 4. The fraction of sp³-hybridized carbons (Fsp3) is 0.875. The van der Waals surface area contributed by atoms with Crippen molar-refractivity contribution < 1.29 is 38.1 Å². The summed E-state index contributed by atoms with van der Waals surface area (Å²) in [5.74, 6) is 0. The van der Waals surface area contributed by atoms with E-state index in [1.807, 2.05) is 0 Å². The number of carbonyl (C=O) groups excluding carboxylic acids is 4. The third kappa shape index (κ3) is 12.6. The van der Waals surface area contributed by atoms with Crippen LogP contribution in [0.5, 0.6) is 0 Å². The number of carbonyl (C=O) groups is 4. The van der Waals surface area contributed by atoms with Crippen molar-refractivity contribution in [2.24, 2.45) is 0 Å². The van der Waals surface area contributed by atoms with Crippen molar-refractivity contribution in [2.45, 2.75) is 165 Å². The van der Waals surface area contributed by atoms with E-state index < -0.39 is 36.6 Å². The number of amides is 4. The summed E-state index contributed by atoms with van der Waals surface area (Å²) in [6.07, 6.45) is 14.8. The Hall–Kier alpha value is -2.92. The van der Waals surface area contributed by atoms with E-state index in [9.17, 15) is 19.2 Å². The van der Waals surface area contributed by atoms with Crippen molar-refractivity contribution in [1.29, 1.82) is 0 Å². The van der Waals surface area contributed by atoms with E-state index >= 15 is 0 Å². The summed E-state index contributed by atoms with van der Waals surface area (Å²) in [7, 11) is 0. The average Bonchev–Trinajstić information content (AvgIpc) is 3.03. The zero-order valence-corrected chi connectivity index (χ0v) is 26.3. The summed E-state index contributed by atoms with van der Waals surface area (Å²) < 4.78 is 22.5. The van der Waals surface area contributed by atoms with E-state index in [2.05, 4.69) is 21.3 Å². The minimum Gasteiger partial charge on any atom is -0.445 e. The van der Waals surface area contributed by atoms with Crippen molar-refractivity contribution in [1.82, 2.24) is 21.3 Å². The Morgan fingerprint density at radius 3 is 0.932 bits per heavy atom. The molecule has 12 nitrogen and oxygen atoms in total. The van der Waals surface area contributed by atoms with E-state index in [1.165, 1.54) is 0 Å². The molecule has 12 heteroatoms. The van der Waals surface area contributed by atoms with Gasteiger partial charge in [-0.2, -0.15) is 0 Å².